The fourth-order valence-electron chi connectivity index (χ4n) is 2.12. The molecule has 2 heterocycles. The van der Waals surface area contributed by atoms with Gasteiger partial charge in [-0.15, -0.1) is 35.3 Å². The summed E-state index contributed by atoms with van der Waals surface area (Å²) in [5.41, 5.74) is 6.03. The van der Waals surface area contributed by atoms with Gasteiger partial charge in [-0.3, -0.25) is 4.99 Å². The number of nitrogens with two attached hydrogens (primary N) is 1. The zero-order chi connectivity index (χ0) is 12.1. The van der Waals surface area contributed by atoms with Gasteiger partial charge in [-0.1, -0.05) is 13.0 Å². The van der Waals surface area contributed by atoms with E-state index < -0.39 is 0 Å². The quantitative estimate of drug-likeness (QED) is 0.498. The summed E-state index contributed by atoms with van der Waals surface area (Å²) in [6.45, 7) is 5.15. The minimum Gasteiger partial charge on any atom is -0.370 e. The molecule has 1 unspecified atom stereocenters. The lowest BCUT2D eigenvalue weighted by Gasteiger charge is -2.27. The Labute approximate surface area is 130 Å². The Hall–Kier alpha value is -0.300. The molecule has 2 N–H and O–H groups in total. The summed E-state index contributed by atoms with van der Waals surface area (Å²) in [5, 5.41) is 2.11. The number of hydrogen-bond acceptors (Lipinski definition) is 2. The number of halogens is 1. The molecule has 3 nitrogen and oxygen atoms in total. The highest BCUT2D eigenvalue weighted by atomic mass is 127. The lowest BCUT2D eigenvalue weighted by Crippen LogP contribution is -2.41. The van der Waals surface area contributed by atoms with Crippen LogP contribution in [0.3, 0.4) is 0 Å². The van der Waals surface area contributed by atoms with Crippen LogP contribution in [0.25, 0.3) is 0 Å². The summed E-state index contributed by atoms with van der Waals surface area (Å²) in [5.74, 6) is 1.20. The molecule has 0 radical (unpaired) electrons. The predicted octanol–water partition coefficient (Wildman–Crippen LogP) is 3.27. The smallest absolute Gasteiger partial charge is 0.191 e. The molecule has 5 heteroatoms. The summed E-state index contributed by atoms with van der Waals surface area (Å²) in [4.78, 5) is 8.13. The molecule has 1 aromatic rings. The monoisotopic (exact) mass is 379 g/mol. The fourth-order valence-corrected chi connectivity index (χ4v) is 2.89. The molecule has 1 aliphatic heterocycles. The second-order valence-corrected chi connectivity index (χ2v) is 5.64. The van der Waals surface area contributed by atoms with Crippen LogP contribution in [0, 0.1) is 0 Å². The van der Waals surface area contributed by atoms with E-state index in [1.54, 1.807) is 11.3 Å². The van der Waals surface area contributed by atoms with Crippen molar-refractivity contribution in [3.63, 3.8) is 0 Å². The van der Waals surface area contributed by atoms with E-state index >= 15 is 0 Å². The zero-order valence-electron chi connectivity index (χ0n) is 10.8. The van der Waals surface area contributed by atoms with Crippen molar-refractivity contribution in [1.82, 2.24) is 4.90 Å². The number of likely N-dealkylation sites (tertiary alicyclic amines) is 1. The fraction of sp³-hybridized carbons (Fsp3) is 0.615. The summed E-state index contributed by atoms with van der Waals surface area (Å²) < 4.78 is 0. The first-order valence-electron chi connectivity index (χ1n) is 6.35. The lowest BCUT2D eigenvalue weighted by atomic mass is 10.1. The minimum atomic E-state index is 0. The van der Waals surface area contributed by atoms with Gasteiger partial charge in [0, 0.05) is 23.9 Å². The molecule has 1 aliphatic rings. The molecule has 1 aromatic heterocycles. The average Bonchev–Trinajstić information content (AvgIpc) is 2.90. The van der Waals surface area contributed by atoms with Gasteiger partial charge < -0.3 is 10.6 Å². The van der Waals surface area contributed by atoms with Crippen molar-refractivity contribution < 1.29 is 0 Å². The third-order valence-electron chi connectivity index (χ3n) is 3.24. The molecule has 18 heavy (non-hydrogen) atoms. The maximum Gasteiger partial charge on any atom is 0.191 e. The SMILES string of the molecule is CC(CN=C(N)N1CCCCC1)c1cccs1.I. The maximum absolute atomic E-state index is 6.03. The molecule has 0 bridgehead atoms. The molecular weight excluding hydrogens is 357 g/mol. The Morgan fingerprint density at radius 3 is 2.78 bits per heavy atom. The van der Waals surface area contributed by atoms with Crippen molar-refractivity contribution in [3.8, 4) is 0 Å². The molecule has 0 aromatic carbocycles. The van der Waals surface area contributed by atoms with Crippen LogP contribution in [0.5, 0.6) is 0 Å². The van der Waals surface area contributed by atoms with E-state index in [2.05, 4.69) is 34.3 Å². The van der Waals surface area contributed by atoms with E-state index in [1.807, 2.05) is 0 Å². The van der Waals surface area contributed by atoms with Gasteiger partial charge in [0.25, 0.3) is 0 Å². The van der Waals surface area contributed by atoms with Gasteiger partial charge >= 0.3 is 0 Å². The summed E-state index contributed by atoms with van der Waals surface area (Å²) in [7, 11) is 0. The molecule has 0 amide bonds. The molecule has 1 fully saturated rings. The van der Waals surface area contributed by atoms with E-state index in [4.69, 9.17) is 5.73 Å². The largest absolute Gasteiger partial charge is 0.370 e. The summed E-state index contributed by atoms with van der Waals surface area (Å²) in [6.07, 6.45) is 3.82. The van der Waals surface area contributed by atoms with Crippen LogP contribution < -0.4 is 5.73 Å². The Bertz CT molecular complexity index is 358. The van der Waals surface area contributed by atoms with E-state index in [-0.39, 0.29) is 24.0 Å². The first-order valence-corrected chi connectivity index (χ1v) is 7.23. The van der Waals surface area contributed by atoms with Crippen molar-refractivity contribution in [2.45, 2.75) is 32.1 Å². The maximum atomic E-state index is 6.03. The van der Waals surface area contributed by atoms with Crippen molar-refractivity contribution in [2.24, 2.45) is 10.7 Å². The van der Waals surface area contributed by atoms with Gasteiger partial charge in [0.15, 0.2) is 5.96 Å². The number of rotatable bonds is 3. The second-order valence-electron chi connectivity index (χ2n) is 4.66. The number of piperidine rings is 1. The van der Waals surface area contributed by atoms with Gasteiger partial charge in [-0.05, 0) is 30.7 Å². The number of aliphatic imine (C=N–C) groups is 1. The van der Waals surface area contributed by atoms with Crippen molar-refractivity contribution in [2.75, 3.05) is 19.6 Å². The van der Waals surface area contributed by atoms with Gasteiger partial charge in [0.05, 0.1) is 6.54 Å². The number of guanidine groups is 1. The zero-order valence-corrected chi connectivity index (χ0v) is 14.0. The predicted molar refractivity (Wildman–Crippen MR) is 90.1 cm³/mol. The first kappa shape index (κ1) is 15.8. The second kappa shape index (κ2) is 7.99. The van der Waals surface area contributed by atoms with Gasteiger partial charge in [-0.25, -0.2) is 0 Å². The van der Waals surface area contributed by atoms with Crippen LogP contribution in [-0.4, -0.2) is 30.5 Å². The van der Waals surface area contributed by atoms with Gasteiger partial charge in [-0.2, -0.15) is 0 Å². The highest BCUT2D eigenvalue weighted by Crippen LogP contribution is 2.20. The highest BCUT2D eigenvalue weighted by Gasteiger charge is 2.12. The van der Waals surface area contributed by atoms with Gasteiger partial charge in [0.1, 0.15) is 0 Å². The highest BCUT2D eigenvalue weighted by molar-refractivity contribution is 14.0. The Morgan fingerprint density at radius 1 is 1.44 bits per heavy atom. The number of thiophene rings is 1. The molecule has 0 spiro atoms. The average molecular weight is 379 g/mol. The third kappa shape index (κ3) is 4.42. The first-order chi connectivity index (χ1) is 8.27. The van der Waals surface area contributed by atoms with Crippen molar-refractivity contribution in [3.05, 3.63) is 22.4 Å². The normalized spacial score (nSPS) is 18.3. The molecule has 2 rings (SSSR count). The number of nitrogens with zero attached hydrogens (tertiary/aromatic N) is 2. The van der Waals surface area contributed by atoms with E-state index in [9.17, 15) is 0 Å². The van der Waals surface area contributed by atoms with E-state index in [0.29, 0.717) is 5.92 Å². The molecule has 0 saturated carbocycles. The molecule has 1 atom stereocenters. The third-order valence-corrected chi connectivity index (χ3v) is 4.34. The van der Waals surface area contributed by atoms with Crippen LogP contribution in [0.15, 0.2) is 22.5 Å². The van der Waals surface area contributed by atoms with Crippen molar-refractivity contribution >= 4 is 41.3 Å². The van der Waals surface area contributed by atoms with Crippen LogP contribution >= 0.6 is 35.3 Å². The van der Waals surface area contributed by atoms with Crippen molar-refractivity contribution in [1.29, 1.82) is 0 Å². The Morgan fingerprint density at radius 2 is 2.17 bits per heavy atom. The molecule has 0 aliphatic carbocycles. The number of hydrogen-bond donors (Lipinski definition) is 1. The Kier molecular flexibility index (Phi) is 6.99. The molecular formula is C13H22IN3S. The van der Waals surface area contributed by atoms with E-state index in [0.717, 1.165) is 25.6 Å². The van der Waals surface area contributed by atoms with Crippen LogP contribution in [0.2, 0.25) is 0 Å². The topological polar surface area (TPSA) is 41.6 Å². The Balaban J connectivity index is 0.00000162. The summed E-state index contributed by atoms with van der Waals surface area (Å²) >= 11 is 1.79. The van der Waals surface area contributed by atoms with Gasteiger partial charge in [0.2, 0.25) is 0 Å². The van der Waals surface area contributed by atoms with E-state index in [1.165, 1.54) is 24.1 Å². The lowest BCUT2D eigenvalue weighted by molar-refractivity contribution is 0.338. The van der Waals surface area contributed by atoms with Crippen LogP contribution in [-0.2, 0) is 0 Å². The minimum absolute atomic E-state index is 0. The standard InChI is InChI=1S/C13H21N3S.HI/c1-11(12-6-5-9-17-12)10-15-13(14)16-7-3-2-4-8-16;/h5-6,9,11H,2-4,7-8,10H2,1H3,(H2,14,15);1H. The van der Waals surface area contributed by atoms with Crippen LogP contribution in [0.4, 0.5) is 0 Å². The molecule has 102 valence electrons. The summed E-state index contributed by atoms with van der Waals surface area (Å²) in [6, 6.07) is 4.26. The molecule has 1 saturated heterocycles. The van der Waals surface area contributed by atoms with Crippen LogP contribution in [0.1, 0.15) is 37.0 Å².